The van der Waals surface area contributed by atoms with Gasteiger partial charge >= 0.3 is 0 Å². The Balaban J connectivity index is 2.67. The summed E-state index contributed by atoms with van der Waals surface area (Å²) in [5.74, 6) is 0.233. The molecule has 0 radical (unpaired) electrons. The zero-order valence-corrected chi connectivity index (χ0v) is 12.3. The molecule has 0 saturated carbocycles. The van der Waals surface area contributed by atoms with E-state index >= 15 is 0 Å². The molecule has 0 heterocycles. The third kappa shape index (κ3) is 5.03. The molecule has 2 unspecified atom stereocenters. The van der Waals surface area contributed by atoms with Crippen molar-refractivity contribution in [1.82, 2.24) is 0 Å². The summed E-state index contributed by atoms with van der Waals surface area (Å²) in [5, 5.41) is 3.00. The molecule has 0 saturated heterocycles. The minimum absolute atomic E-state index is 0.0149. The second-order valence-corrected chi connectivity index (χ2v) is 5.15. The Bertz CT molecular complexity index is 401. The summed E-state index contributed by atoms with van der Waals surface area (Å²) in [4.78, 5) is 12.2. The van der Waals surface area contributed by atoms with Crippen molar-refractivity contribution in [1.29, 1.82) is 0 Å². The van der Waals surface area contributed by atoms with Crippen LogP contribution in [0, 0.1) is 5.92 Å². The van der Waals surface area contributed by atoms with Crippen LogP contribution in [0.25, 0.3) is 0 Å². The summed E-state index contributed by atoms with van der Waals surface area (Å²) in [6, 6.07) is 7.76. The van der Waals surface area contributed by atoms with Crippen molar-refractivity contribution in [2.45, 2.75) is 52.5 Å². The molecular weight excluding hydrogens is 236 g/mol. The summed E-state index contributed by atoms with van der Waals surface area (Å²) in [6.45, 7) is 6.16. The highest BCUT2D eigenvalue weighted by Gasteiger charge is 2.16. The predicted molar refractivity (Wildman–Crippen MR) is 81.0 cm³/mol. The van der Waals surface area contributed by atoms with E-state index in [-0.39, 0.29) is 17.9 Å². The van der Waals surface area contributed by atoms with E-state index in [0.29, 0.717) is 0 Å². The van der Waals surface area contributed by atoms with Crippen LogP contribution < -0.4 is 11.1 Å². The van der Waals surface area contributed by atoms with Crippen LogP contribution in [0.3, 0.4) is 0 Å². The van der Waals surface area contributed by atoms with E-state index in [1.807, 2.05) is 31.2 Å². The molecule has 3 heteroatoms. The molecule has 0 aliphatic carbocycles. The molecule has 2 atom stereocenters. The van der Waals surface area contributed by atoms with E-state index < -0.39 is 0 Å². The van der Waals surface area contributed by atoms with E-state index in [9.17, 15) is 4.79 Å². The van der Waals surface area contributed by atoms with E-state index in [1.165, 1.54) is 0 Å². The Hall–Kier alpha value is -1.35. The first-order valence-electron chi connectivity index (χ1n) is 7.24. The fourth-order valence-corrected chi connectivity index (χ4v) is 2.12. The van der Waals surface area contributed by atoms with Crippen molar-refractivity contribution in [3.8, 4) is 0 Å². The summed E-state index contributed by atoms with van der Waals surface area (Å²) in [5.41, 5.74) is 7.74. The largest absolute Gasteiger partial charge is 0.326 e. The summed E-state index contributed by atoms with van der Waals surface area (Å²) in [7, 11) is 0. The van der Waals surface area contributed by atoms with Crippen molar-refractivity contribution < 1.29 is 4.79 Å². The van der Waals surface area contributed by atoms with Crippen LogP contribution in [0.5, 0.6) is 0 Å². The standard InChI is InChI=1S/C16H26N2O/c1-4-6-8-13(5-2)16(19)18-15-10-7-9-14(11-15)12(3)17/h7,9-13H,4-6,8,17H2,1-3H3,(H,18,19). The maximum Gasteiger partial charge on any atom is 0.227 e. The van der Waals surface area contributed by atoms with Gasteiger partial charge < -0.3 is 11.1 Å². The fraction of sp³-hybridized carbons (Fsp3) is 0.562. The number of amides is 1. The van der Waals surface area contributed by atoms with Crippen LogP contribution in [0.1, 0.15) is 58.1 Å². The fourth-order valence-electron chi connectivity index (χ4n) is 2.12. The lowest BCUT2D eigenvalue weighted by Crippen LogP contribution is -2.22. The van der Waals surface area contributed by atoms with Gasteiger partial charge in [0.05, 0.1) is 0 Å². The van der Waals surface area contributed by atoms with Gasteiger partial charge in [-0.15, -0.1) is 0 Å². The zero-order valence-electron chi connectivity index (χ0n) is 12.3. The lowest BCUT2D eigenvalue weighted by atomic mass is 9.98. The molecule has 0 aliphatic rings. The Labute approximate surface area is 116 Å². The number of carbonyl (C=O) groups is 1. The lowest BCUT2D eigenvalue weighted by Gasteiger charge is -2.15. The summed E-state index contributed by atoms with van der Waals surface area (Å²) in [6.07, 6.45) is 4.08. The second-order valence-electron chi connectivity index (χ2n) is 5.15. The van der Waals surface area contributed by atoms with Gasteiger partial charge in [0.2, 0.25) is 5.91 Å². The van der Waals surface area contributed by atoms with Crippen molar-refractivity contribution in [2.75, 3.05) is 5.32 Å². The Morgan fingerprint density at radius 3 is 2.68 bits per heavy atom. The molecule has 1 aromatic rings. The molecule has 0 fully saturated rings. The highest BCUT2D eigenvalue weighted by Crippen LogP contribution is 2.19. The highest BCUT2D eigenvalue weighted by molar-refractivity contribution is 5.92. The quantitative estimate of drug-likeness (QED) is 0.784. The summed E-state index contributed by atoms with van der Waals surface area (Å²) >= 11 is 0. The smallest absolute Gasteiger partial charge is 0.227 e. The van der Waals surface area contributed by atoms with Gasteiger partial charge in [0, 0.05) is 17.6 Å². The molecule has 1 amide bonds. The maximum absolute atomic E-state index is 12.2. The van der Waals surface area contributed by atoms with Crippen LogP contribution in [0.2, 0.25) is 0 Å². The first-order chi connectivity index (χ1) is 9.08. The van der Waals surface area contributed by atoms with Gasteiger partial charge in [0.25, 0.3) is 0 Å². The number of hydrogen-bond acceptors (Lipinski definition) is 2. The molecule has 3 nitrogen and oxygen atoms in total. The van der Waals surface area contributed by atoms with Crippen molar-refractivity contribution in [2.24, 2.45) is 11.7 Å². The van der Waals surface area contributed by atoms with E-state index in [4.69, 9.17) is 5.73 Å². The highest BCUT2D eigenvalue weighted by atomic mass is 16.1. The molecule has 0 aromatic heterocycles. The van der Waals surface area contributed by atoms with Crippen molar-refractivity contribution in [3.63, 3.8) is 0 Å². The van der Waals surface area contributed by atoms with Gasteiger partial charge in [-0.05, 0) is 37.5 Å². The monoisotopic (exact) mass is 262 g/mol. The molecule has 3 N–H and O–H groups in total. The average Bonchev–Trinajstić information content (AvgIpc) is 2.40. The Morgan fingerprint density at radius 1 is 1.37 bits per heavy atom. The lowest BCUT2D eigenvalue weighted by molar-refractivity contribution is -0.120. The second kappa shape index (κ2) is 7.95. The topological polar surface area (TPSA) is 55.1 Å². The van der Waals surface area contributed by atoms with Gasteiger partial charge in [-0.3, -0.25) is 4.79 Å². The zero-order chi connectivity index (χ0) is 14.3. The molecule has 106 valence electrons. The molecular formula is C16H26N2O. The number of anilines is 1. The normalized spacial score (nSPS) is 13.9. The molecule has 1 rings (SSSR count). The van der Waals surface area contributed by atoms with E-state index in [2.05, 4.69) is 19.2 Å². The minimum atomic E-state index is -0.0149. The Morgan fingerprint density at radius 2 is 2.11 bits per heavy atom. The van der Waals surface area contributed by atoms with Crippen LogP contribution in [0.4, 0.5) is 5.69 Å². The number of carbonyl (C=O) groups excluding carboxylic acids is 1. The molecule has 0 aliphatic heterocycles. The third-order valence-electron chi connectivity index (χ3n) is 3.45. The first-order valence-corrected chi connectivity index (χ1v) is 7.24. The van der Waals surface area contributed by atoms with Gasteiger partial charge in [-0.2, -0.15) is 0 Å². The number of unbranched alkanes of at least 4 members (excludes halogenated alkanes) is 1. The maximum atomic E-state index is 12.2. The molecule has 19 heavy (non-hydrogen) atoms. The van der Waals surface area contributed by atoms with Gasteiger partial charge in [0.1, 0.15) is 0 Å². The minimum Gasteiger partial charge on any atom is -0.326 e. The van der Waals surface area contributed by atoms with Crippen molar-refractivity contribution >= 4 is 11.6 Å². The van der Waals surface area contributed by atoms with Gasteiger partial charge in [-0.25, -0.2) is 0 Å². The number of hydrogen-bond donors (Lipinski definition) is 2. The number of benzene rings is 1. The number of nitrogens with two attached hydrogens (primary N) is 1. The van der Waals surface area contributed by atoms with Gasteiger partial charge in [0.15, 0.2) is 0 Å². The van der Waals surface area contributed by atoms with Crippen LogP contribution in [-0.2, 0) is 4.79 Å². The van der Waals surface area contributed by atoms with Crippen LogP contribution in [-0.4, -0.2) is 5.91 Å². The van der Waals surface area contributed by atoms with Crippen molar-refractivity contribution in [3.05, 3.63) is 29.8 Å². The molecule has 1 aromatic carbocycles. The average molecular weight is 262 g/mol. The molecule has 0 bridgehead atoms. The summed E-state index contributed by atoms with van der Waals surface area (Å²) < 4.78 is 0. The SMILES string of the molecule is CCCCC(CC)C(=O)Nc1cccc(C(C)N)c1. The number of rotatable bonds is 7. The Kier molecular flexibility index (Phi) is 6.57. The molecule has 0 spiro atoms. The van der Waals surface area contributed by atoms with Gasteiger partial charge in [-0.1, -0.05) is 38.8 Å². The number of nitrogens with one attached hydrogen (secondary N) is 1. The van der Waals surface area contributed by atoms with Crippen LogP contribution in [0.15, 0.2) is 24.3 Å². The third-order valence-corrected chi connectivity index (χ3v) is 3.45. The predicted octanol–water partition coefficient (Wildman–Crippen LogP) is 3.86. The van der Waals surface area contributed by atoms with E-state index in [1.54, 1.807) is 0 Å². The van der Waals surface area contributed by atoms with Crippen LogP contribution >= 0.6 is 0 Å². The first kappa shape index (κ1) is 15.7. The van der Waals surface area contributed by atoms with E-state index in [0.717, 1.165) is 36.9 Å².